The molecule has 0 spiro atoms. The normalized spacial score (nSPS) is 11.0. The molecule has 24 heavy (non-hydrogen) atoms. The van der Waals surface area contributed by atoms with Crippen molar-refractivity contribution in [2.24, 2.45) is 0 Å². The molecular weight excluding hydrogens is 302 g/mol. The molecule has 0 atom stereocenters. The Kier molecular flexibility index (Phi) is 5.25. The van der Waals surface area contributed by atoms with E-state index in [0.29, 0.717) is 13.0 Å². The molecule has 0 radical (unpaired) electrons. The largest absolute Gasteiger partial charge is 0.356 e. The number of aryl methyl sites for hydroxylation is 2. The first-order valence-electron chi connectivity index (χ1n) is 8.46. The fourth-order valence-corrected chi connectivity index (χ4v) is 2.94. The Hall–Kier alpha value is -2.63. The van der Waals surface area contributed by atoms with Gasteiger partial charge in [-0.15, -0.1) is 0 Å². The number of H-pyrrole nitrogens is 1. The lowest BCUT2D eigenvalue weighted by molar-refractivity contribution is -0.121. The number of nitrogens with one attached hydrogen (secondary N) is 2. The van der Waals surface area contributed by atoms with Crippen LogP contribution in [0.1, 0.15) is 31.2 Å². The number of para-hydroxylation sites is 2. The van der Waals surface area contributed by atoms with Gasteiger partial charge < -0.3 is 9.88 Å². The van der Waals surface area contributed by atoms with E-state index in [0.717, 1.165) is 48.2 Å². The first-order valence-corrected chi connectivity index (χ1v) is 8.46. The van der Waals surface area contributed by atoms with E-state index in [9.17, 15) is 4.79 Å². The quantitative estimate of drug-likeness (QED) is 0.668. The van der Waals surface area contributed by atoms with Crippen LogP contribution in [-0.2, 0) is 24.2 Å². The van der Waals surface area contributed by atoms with Crippen LogP contribution < -0.4 is 5.32 Å². The number of hydrogen-bond acceptors (Lipinski definition) is 3. The van der Waals surface area contributed by atoms with Crippen LogP contribution in [0.3, 0.4) is 0 Å². The summed E-state index contributed by atoms with van der Waals surface area (Å²) in [6.07, 6.45) is 6.65. The monoisotopic (exact) mass is 325 g/mol. The van der Waals surface area contributed by atoms with E-state index >= 15 is 0 Å². The van der Waals surface area contributed by atoms with E-state index in [1.807, 2.05) is 24.4 Å². The third-order valence-electron chi connectivity index (χ3n) is 4.14. The lowest BCUT2D eigenvalue weighted by atomic mass is 10.1. The van der Waals surface area contributed by atoms with Crippen molar-refractivity contribution in [3.8, 4) is 0 Å². The van der Waals surface area contributed by atoms with E-state index in [-0.39, 0.29) is 5.91 Å². The Balaban J connectivity index is 1.46. The van der Waals surface area contributed by atoms with Crippen LogP contribution in [0.15, 0.2) is 36.7 Å². The first kappa shape index (κ1) is 16.2. The smallest absolute Gasteiger partial charge is 0.220 e. The molecule has 0 aliphatic carbocycles. The molecule has 126 valence electrons. The second kappa shape index (κ2) is 7.77. The molecule has 0 saturated carbocycles. The fraction of sp³-hybridized carbons (Fsp3) is 0.389. The topological polar surface area (TPSA) is 75.6 Å². The zero-order valence-electron chi connectivity index (χ0n) is 14.0. The Morgan fingerprint density at radius 3 is 2.96 bits per heavy atom. The van der Waals surface area contributed by atoms with Crippen molar-refractivity contribution in [3.05, 3.63) is 48.0 Å². The van der Waals surface area contributed by atoms with Crippen LogP contribution in [-0.4, -0.2) is 32.2 Å². The lowest BCUT2D eigenvalue weighted by Gasteiger charge is -2.07. The summed E-state index contributed by atoms with van der Waals surface area (Å²) >= 11 is 0. The number of imidazole rings is 1. The molecule has 0 aliphatic heterocycles. The SMILES string of the molecule is CCn1c(CCNC(=O)CCCc2cn[nH]c2)nc2ccccc21. The molecule has 0 saturated heterocycles. The minimum absolute atomic E-state index is 0.0951. The molecule has 3 rings (SSSR count). The molecule has 6 nitrogen and oxygen atoms in total. The van der Waals surface area contributed by atoms with Crippen molar-refractivity contribution in [1.29, 1.82) is 0 Å². The number of aromatic amines is 1. The Labute approximate surface area is 141 Å². The molecule has 3 aromatic rings. The zero-order valence-corrected chi connectivity index (χ0v) is 14.0. The molecule has 0 unspecified atom stereocenters. The van der Waals surface area contributed by atoms with Gasteiger partial charge in [0.05, 0.1) is 17.2 Å². The molecule has 0 aliphatic rings. The van der Waals surface area contributed by atoms with Gasteiger partial charge in [0.2, 0.25) is 5.91 Å². The van der Waals surface area contributed by atoms with Crippen LogP contribution in [0, 0.1) is 0 Å². The highest BCUT2D eigenvalue weighted by Gasteiger charge is 2.09. The molecule has 2 N–H and O–H groups in total. The number of amides is 1. The molecular formula is C18H23N5O. The summed E-state index contributed by atoms with van der Waals surface area (Å²) in [6.45, 7) is 3.62. The minimum atomic E-state index is 0.0951. The van der Waals surface area contributed by atoms with Gasteiger partial charge in [0, 0.05) is 32.1 Å². The highest BCUT2D eigenvalue weighted by molar-refractivity contribution is 5.76. The lowest BCUT2D eigenvalue weighted by Crippen LogP contribution is -2.26. The van der Waals surface area contributed by atoms with Gasteiger partial charge >= 0.3 is 0 Å². The molecule has 6 heteroatoms. The first-order chi connectivity index (χ1) is 11.8. The molecule has 2 heterocycles. The number of aromatic nitrogens is 4. The van der Waals surface area contributed by atoms with Gasteiger partial charge in [-0.1, -0.05) is 12.1 Å². The number of benzene rings is 1. The zero-order chi connectivity index (χ0) is 16.8. The summed E-state index contributed by atoms with van der Waals surface area (Å²) in [5.41, 5.74) is 3.31. The summed E-state index contributed by atoms with van der Waals surface area (Å²) in [5.74, 6) is 1.12. The molecule has 2 aromatic heterocycles. The number of nitrogens with zero attached hydrogens (tertiary/aromatic N) is 3. The van der Waals surface area contributed by atoms with Crippen molar-refractivity contribution in [2.75, 3.05) is 6.54 Å². The summed E-state index contributed by atoms with van der Waals surface area (Å²) in [7, 11) is 0. The van der Waals surface area contributed by atoms with Gasteiger partial charge in [0.25, 0.3) is 0 Å². The van der Waals surface area contributed by atoms with Gasteiger partial charge in [0.1, 0.15) is 5.82 Å². The van der Waals surface area contributed by atoms with Gasteiger partial charge in [-0.25, -0.2) is 4.98 Å². The number of hydrogen-bond donors (Lipinski definition) is 2. The number of carbonyl (C=O) groups is 1. The molecule has 1 aromatic carbocycles. The Morgan fingerprint density at radius 2 is 2.17 bits per heavy atom. The van der Waals surface area contributed by atoms with Gasteiger partial charge in [-0.05, 0) is 37.5 Å². The average molecular weight is 325 g/mol. The van der Waals surface area contributed by atoms with Gasteiger partial charge in [-0.2, -0.15) is 5.10 Å². The van der Waals surface area contributed by atoms with E-state index in [4.69, 9.17) is 0 Å². The maximum Gasteiger partial charge on any atom is 0.220 e. The van der Waals surface area contributed by atoms with E-state index in [2.05, 4.69) is 38.1 Å². The van der Waals surface area contributed by atoms with Crippen molar-refractivity contribution in [1.82, 2.24) is 25.1 Å². The third kappa shape index (κ3) is 3.82. The molecule has 0 fully saturated rings. The highest BCUT2D eigenvalue weighted by atomic mass is 16.1. The predicted molar refractivity (Wildman–Crippen MR) is 93.6 cm³/mol. The van der Waals surface area contributed by atoms with Crippen LogP contribution in [0.4, 0.5) is 0 Å². The summed E-state index contributed by atoms with van der Waals surface area (Å²) in [4.78, 5) is 16.6. The van der Waals surface area contributed by atoms with Crippen molar-refractivity contribution >= 4 is 16.9 Å². The van der Waals surface area contributed by atoms with E-state index in [1.165, 1.54) is 0 Å². The molecule has 1 amide bonds. The van der Waals surface area contributed by atoms with Crippen LogP contribution >= 0.6 is 0 Å². The van der Waals surface area contributed by atoms with Crippen molar-refractivity contribution in [3.63, 3.8) is 0 Å². The van der Waals surface area contributed by atoms with Crippen LogP contribution in [0.2, 0.25) is 0 Å². The second-order valence-corrected chi connectivity index (χ2v) is 5.82. The minimum Gasteiger partial charge on any atom is -0.356 e. The maximum absolute atomic E-state index is 11.9. The average Bonchev–Trinajstić information content (AvgIpc) is 3.21. The van der Waals surface area contributed by atoms with Crippen LogP contribution in [0.5, 0.6) is 0 Å². The number of carbonyl (C=O) groups excluding carboxylic acids is 1. The maximum atomic E-state index is 11.9. The summed E-state index contributed by atoms with van der Waals surface area (Å²) < 4.78 is 2.21. The van der Waals surface area contributed by atoms with Crippen molar-refractivity contribution < 1.29 is 4.79 Å². The van der Waals surface area contributed by atoms with E-state index < -0.39 is 0 Å². The highest BCUT2D eigenvalue weighted by Crippen LogP contribution is 2.16. The number of rotatable bonds is 8. The number of fused-ring (bicyclic) bond motifs is 1. The summed E-state index contributed by atoms with van der Waals surface area (Å²) in [6, 6.07) is 8.14. The van der Waals surface area contributed by atoms with Gasteiger partial charge in [0.15, 0.2) is 0 Å². The van der Waals surface area contributed by atoms with Gasteiger partial charge in [-0.3, -0.25) is 9.89 Å². The standard InChI is InChI=1S/C18H23N5O/c1-2-23-16-8-4-3-7-15(16)22-17(23)10-11-19-18(24)9-5-6-14-12-20-21-13-14/h3-4,7-8,12-13H,2,5-6,9-11H2,1H3,(H,19,24)(H,20,21). The Morgan fingerprint density at radius 1 is 1.29 bits per heavy atom. The van der Waals surface area contributed by atoms with Crippen LogP contribution in [0.25, 0.3) is 11.0 Å². The fourth-order valence-electron chi connectivity index (χ4n) is 2.94. The summed E-state index contributed by atoms with van der Waals surface area (Å²) in [5, 5.41) is 9.68. The predicted octanol–water partition coefficient (Wildman–Crippen LogP) is 2.46. The third-order valence-corrected chi connectivity index (χ3v) is 4.14. The van der Waals surface area contributed by atoms with Crippen molar-refractivity contribution in [2.45, 2.75) is 39.2 Å². The van der Waals surface area contributed by atoms with E-state index in [1.54, 1.807) is 6.20 Å². The second-order valence-electron chi connectivity index (χ2n) is 5.82. The Bertz CT molecular complexity index is 791. The molecule has 0 bridgehead atoms.